The van der Waals surface area contributed by atoms with Crippen LogP contribution in [0.2, 0.25) is 5.02 Å². The summed E-state index contributed by atoms with van der Waals surface area (Å²) in [4.78, 5) is 37.6. The first kappa shape index (κ1) is 19.8. The monoisotopic (exact) mass is 383 g/mol. The van der Waals surface area contributed by atoms with Gasteiger partial charge in [0.25, 0.3) is 0 Å². The van der Waals surface area contributed by atoms with Gasteiger partial charge in [-0.15, -0.1) is 0 Å². The maximum absolute atomic E-state index is 12.4. The molecule has 26 heavy (non-hydrogen) atoms. The lowest BCUT2D eigenvalue weighted by Crippen LogP contribution is -2.40. The Morgan fingerprint density at radius 2 is 1.92 bits per heavy atom. The van der Waals surface area contributed by atoms with Gasteiger partial charge in [-0.25, -0.2) is 0 Å². The van der Waals surface area contributed by atoms with Crippen LogP contribution < -0.4 is 25.0 Å². The summed E-state index contributed by atoms with van der Waals surface area (Å²) in [5.41, 5.74) is 0.474. The fourth-order valence-electron chi connectivity index (χ4n) is 2.74. The molecule has 0 unspecified atom stereocenters. The van der Waals surface area contributed by atoms with Crippen molar-refractivity contribution in [1.29, 1.82) is 0 Å². The Bertz CT molecular complexity index is 710. The normalized spacial score (nSPS) is 16.4. The number of carbonyl (C=O) groups excluding carboxylic acids is 3. The van der Waals surface area contributed by atoms with Crippen LogP contribution in [0.15, 0.2) is 12.1 Å². The van der Waals surface area contributed by atoms with Gasteiger partial charge in [0.15, 0.2) is 0 Å². The standard InChI is InChI=1S/C17H22ClN3O5/c1-4-19-15(22)8-20-17(24)10-5-16(23)21(9-10)12-6-11(18)13(25-2)7-14(12)26-3/h6-7,10H,4-5,8-9H2,1-3H3,(H,19,22)(H,20,24)/t10-/m0/s1. The van der Waals surface area contributed by atoms with Gasteiger partial charge < -0.3 is 25.0 Å². The average Bonchev–Trinajstić information content (AvgIpc) is 3.01. The van der Waals surface area contributed by atoms with E-state index in [0.717, 1.165) is 0 Å². The number of ether oxygens (including phenoxy) is 2. The second-order valence-electron chi connectivity index (χ2n) is 5.74. The van der Waals surface area contributed by atoms with E-state index in [1.807, 2.05) is 0 Å². The maximum Gasteiger partial charge on any atom is 0.239 e. The molecule has 1 aliphatic heterocycles. The lowest BCUT2D eigenvalue weighted by Gasteiger charge is -2.21. The number of benzene rings is 1. The number of likely N-dealkylation sites (N-methyl/N-ethyl adjacent to an activating group) is 1. The zero-order valence-electron chi connectivity index (χ0n) is 14.9. The van der Waals surface area contributed by atoms with Crippen LogP contribution >= 0.6 is 11.6 Å². The van der Waals surface area contributed by atoms with Crippen LogP contribution in [0.3, 0.4) is 0 Å². The highest BCUT2D eigenvalue weighted by atomic mass is 35.5. The number of carbonyl (C=O) groups is 3. The summed E-state index contributed by atoms with van der Waals surface area (Å²) in [5, 5.41) is 5.48. The summed E-state index contributed by atoms with van der Waals surface area (Å²) >= 11 is 6.16. The average molecular weight is 384 g/mol. The van der Waals surface area contributed by atoms with E-state index in [4.69, 9.17) is 21.1 Å². The summed E-state index contributed by atoms with van der Waals surface area (Å²) in [6.45, 7) is 2.34. The summed E-state index contributed by atoms with van der Waals surface area (Å²) < 4.78 is 10.5. The third-order valence-corrected chi connectivity index (χ3v) is 4.33. The summed E-state index contributed by atoms with van der Waals surface area (Å²) in [6.07, 6.45) is 0.0496. The Labute approximate surface area is 156 Å². The molecular weight excluding hydrogens is 362 g/mol. The Hall–Kier alpha value is -2.48. The fourth-order valence-corrected chi connectivity index (χ4v) is 2.98. The molecule has 0 aromatic heterocycles. The number of hydrogen-bond acceptors (Lipinski definition) is 5. The Kier molecular flexibility index (Phi) is 6.68. The van der Waals surface area contributed by atoms with E-state index in [1.165, 1.54) is 19.1 Å². The van der Waals surface area contributed by atoms with Gasteiger partial charge >= 0.3 is 0 Å². The zero-order chi connectivity index (χ0) is 19.3. The quantitative estimate of drug-likeness (QED) is 0.731. The van der Waals surface area contributed by atoms with Crippen molar-refractivity contribution in [1.82, 2.24) is 10.6 Å². The SMILES string of the molecule is CCNC(=O)CNC(=O)[C@H]1CC(=O)N(c2cc(Cl)c(OC)cc2OC)C1. The van der Waals surface area contributed by atoms with Crippen LogP contribution in [0.1, 0.15) is 13.3 Å². The third kappa shape index (κ3) is 4.37. The molecule has 9 heteroatoms. The van der Waals surface area contributed by atoms with Gasteiger partial charge in [0, 0.05) is 25.6 Å². The molecule has 1 aromatic carbocycles. The second-order valence-corrected chi connectivity index (χ2v) is 6.14. The molecule has 0 radical (unpaired) electrons. The molecule has 0 spiro atoms. The topological polar surface area (TPSA) is 97.0 Å². The largest absolute Gasteiger partial charge is 0.495 e. The molecule has 3 amide bonds. The molecule has 1 atom stereocenters. The number of halogens is 1. The predicted molar refractivity (Wildman–Crippen MR) is 96.7 cm³/mol. The molecule has 1 aliphatic rings. The van der Waals surface area contributed by atoms with Crippen molar-refractivity contribution in [3.63, 3.8) is 0 Å². The molecular formula is C17H22ClN3O5. The van der Waals surface area contributed by atoms with Gasteiger partial charge in [0.05, 0.1) is 37.4 Å². The van der Waals surface area contributed by atoms with Crippen LogP contribution in [0, 0.1) is 5.92 Å². The van der Waals surface area contributed by atoms with Crippen molar-refractivity contribution in [3.8, 4) is 11.5 Å². The number of nitrogens with zero attached hydrogens (tertiary/aromatic N) is 1. The Morgan fingerprint density at radius 1 is 1.23 bits per heavy atom. The first-order valence-electron chi connectivity index (χ1n) is 8.17. The van der Waals surface area contributed by atoms with Gasteiger partial charge in [0.1, 0.15) is 11.5 Å². The van der Waals surface area contributed by atoms with E-state index in [0.29, 0.717) is 28.8 Å². The Morgan fingerprint density at radius 3 is 2.54 bits per heavy atom. The van der Waals surface area contributed by atoms with Gasteiger partial charge in [-0.3, -0.25) is 14.4 Å². The van der Waals surface area contributed by atoms with Crippen molar-refractivity contribution < 1.29 is 23.9 Å². The van der Waals surface area contributed by atoms with Crippen molar-refractivity contribution in [3.05, 3.63) is 17.2 Å². The molecule has 0 bridgehead atoms. The van der Waals surface area contributed by atoms with Crippen LogP contribution in [0.4, 0.5) is 5.69 Å². The van der Waals surface area contributed by atoms with Crippen LogP contribution in [-0.2, 0) is 14.4 Å². The van der Waals surface area contributed by atoms with Crippen LogP contribution in [-0.4, -0.2) is 51.6 Å². The second kappa shape index (κ2) is 8.75. The van der Waals surface area contributed by atoms with E-state index >= 15 is 0 Å². The highest BCUT2D eigenvalue weighted by molar-refractivity contribution is 6.32. The number of anilines is 1. The molecule has 8 nitrogen and oxygen atoms in total. The smallest absolute Gasteiger partial charge is 0.239 e. The summed E-state index contributed by atoms with van der Waals surface area (Å²) in [6, 6.07) is 3.17. The molecule has 2 N–H and O–H groups in total. The molecule has 142 valence electrons. The molecule has 2 rings (SSSR count). The highest BCUT2D eigenvalue weighted by Crippen LogP contribution is 2.40. The first-order chi connectivity index (χ1) is 12.4. The van der Waals surface area contributed by atoms with E-state index in [1.54, 1.807) is 19.1 Å². The Balaban J connectivity index is 2.11. The first-order valence-corrected chi connectivity index (χ1v) is 8.55. The number of rotatable bonds is 7. The summed E-state index contributed by atoms with van der Waals surface area (Å²) in [7, 11) is 2.96. The third-order valence-electron chi connectivity index (χ3n) is 4.04. The lowest BCUT2D eigenvalue weighted by molar-refractivity contribution is -0.128. The van der Waals surface area contributed by atoms with E-state index < -0.39 is 5.92 Å². The van der Waals surface area contributed by atoms with Crippen molar-refractivity contribution >= 4 is 35.0 Å². The van der Waals surface area contributed by atoms with Crippen LogP contribution in [0.5, 0.6) is 11.5 Å². The number of methoxy groups -OCH3 is 2. The predicted octanol–water partition coefficient (Wildman–Crippen LogP) is 0.962. The number of hydrogen-bond donors (Lipinski definition) is 2. The van der Waals surface area contributed by atoms with Crippen molar-refractivity contribution in [2.24, 2.45) is 5.92 Å². The van der Waals surface area contributed by atoms with Crippen molar-refractivity contribution in [2.75, 3.05) is 38.8 Å². The van der Waals surface area contributed by atoms with E-state index in [9.17, 15) is 14.4 Å². The van der Waals surface area contributed by atoms with Gasteiger partial charge in [-0.2, -0.15) is 0 Å². The summed E-state index contributed by atoms with van der Waals surface area (Å²) in [5.74, 6) is -0.542. The molecule has 1 fully saturated rings. The maximum atomic E-state index is 12.4. The van der Waals surface area contributed by atoms with Gasteiger partial charge in [-0.1, -0.05) is 11.6 Å². The molecule has 0 saturated carbocycles. The minimum atomic E-state index is -0.553. The fraction of sp³-hybridized carbons (Fsp3) is 0.471. The lowest BCUT2D eigenvalue weighted by atomic mass is 10.1. The van der Waals surface area contributed by atoms with E-state index in [-0.39, 0.29) is 37.2 Å². The highest BCUT2D eigenvalue weighted by Gasteiger charge is 2.36. The molecule has 1 heterocycles. The van der Waals surface area contributed by atoms with Crippen molar-refractivity contribution in [2.45, 2.75) is 13.3 Å². The molecule has 0 aliphatic carbocycles. The minimum Gasteiger partial charge on any atom is -0.495 e. The number of nitrogens with one attached hydrogen (secondary N) is 2. The number of amides is 3. The molecule has 1 aromatic rings. The minimum absolute atomic E-state index is 0.0496. The van der Waals surface area contributed by atoms with E-state index in [2.05, 4.69) is 10.6 Å². The van der Waals surface area contributed by atoms with Gasteiger partial charge in [0.2, 0.25) is 17.7 Å². The van der Waals surface area contributed by atoms with Crippen LogP contribution in [0.25, 0.3) is 0 Å². The molecule has 1 saturated heterocycles. The zero-order valence-corrected chi connectivity index (χ0v) is 15.7. The van der Waals surface area contributed by atoms with Gasteiger partial charge in [-0.05, 0) is 13.0 Å².